The smallest absolute Gasteiger partial charge is 0.228 e. The minimum Gasteiger partial charge on any atom is -0.354 e. The molecule has 0 bridgehead atoms. The highest BCUT2D eigenvalue weighted by Crippen LogP contribution is 2.58. The predicted octanol–water partition coefficient (Wildman–Crippen LogP) is 4.74. The van der Waals surface area contributed by atoms with Gasteiger partial charge in [-0.3, -0.25) is 9.59 Å². The van der Waals surface area contributed by atoms with Crippen LogP contribution in [0, 0.1) is 23.2 Å². The Bertz CT molecular complexity index is 667. The minimum atomic E-state index is -0.251. The fraction of sp³-hybridized carbons (Fsp3) is 0.619. The molecule has 3 atom stereocenters. The molecule has 2 saturated carbocycles. The van der Waals surface area contributed by atoms with Crippen LogP contribution in [0.1, 0.15) is 52.9 Å². The largest absolute Gasteiger partial charge is 0.354 e. The number of halogens is 1. The van der Waals surface area contributed by atoms with Crippen LogP contribution >= 0.6 is 15.9 Å². The summed E-state index contributed by atoms with van der Waals surface area (Å²) in [6, 6.07) is 7.71. The first-order chi connectivity index (χ1) is 12.3. The number of benzene rings is 1. The lowest BCUT2D eigenvalue weighted by molar-refractivity contribution is -0.138. The third-order valence-electron chi connectivity index (χ3n) is 6.01. The number of carbonyl (C=O) groups is 2. The molecule has 2 fully saturated rings. The van der Waals surface area contributed by atoms with Gasteiger partial charge in [0.25, 0.3) is 0 Å². The van der Waals surface area contributed by atoms with Crippen LogP contribution in [-0.4, -0.2) is 17.9 Å². The maximum absolute atomic E-state index is 13.2. The molecule has 4 nitrogen and oxygen atoms in total. The van der Waals surface area contributed by atoms with Crippen molar-refractivity contribution in [2.24, 2.45) is 23.2 Å². The number of rotatable bonds is 5. The molecule has 3 rings (SSSR count). The Labute approximate surface area is 164 Å². The van der Waals surface area contributed by atoms with Crippen LogP contribution in [0.25, 0.3) is 0 Å². The fourth-order valence-corrected chi connectivity index (χ4v) is 4.62. The van der Waals surface area contributed by atoms with E-state index >= 15 is 0 Å². The van der Waals surface area contributed by atoms with Crippen molar-refractivity contribution in [3.63, 3.8) is 0 Å². The molecular formula is C21H29BrN2O2. The van der Waals surface area contributed by atoms with E-state index in [-0.39, 0.29) is 41.0 Å². The van der Waals surface area contributed by atoms with Crippen molar-refractivity contribution in [1.29, 1.82) is 0 Å². The summed E-state index contributed by atoms with van der Waals surface area (Å²) >= 11 is 3.42. The van der Waals surface area contributed by atoms with Gasteiger partial charge in [0, 0.05) is 22.1 Å². The van der Waals surface area contributed by atoms with Crippen LogP contribution in [0.4, 0.5) is 5.69 Å². The molecule has 0 aromatic heterocycles. The van der Waals surface area contributed by atoms with Crippen molar-refractivity contribution < 1.29 is 9.59 Å². The Balaban J connectivity index is 1.83. The highest BCUT2D eigenvalue weighted by atomic mass is 79.9. The van der Waals surface area contributed by atoms with E-state index in [2.05, 4.69) is 33.5 Å². The first kappa shape index (κ1) is 19.4. The topological polar surface area (TPSA) is 58.2 Å². The van der Waals surface area contributed by atoms with Gasteiger partial charge >= 0.3 is 0 Å². The maximum atomic E-state index is 13.2. The highest BCUT2D eigenvalue weighted by molar-refractivity contribution is 9.10. The molecule has 142 valence electrons. The van der Waals surface area contributed by atoms with Gasteiger partial charge < -0.3 is 10.6 Å². The molecule has 0 aliphatic heterocycles. The summed E-state index contributed by atoms with van der Waals surface area (Å²) in [6.45, 7) is 6.22. The number of carbonyl (C=O) groups excluding carboxylic acids is 2. The predicted molar refractivity (Wildman–Crippen MR) is 108 cm³/mol. The number of hydrogen-bond donors (Lipinski definition) is 2. The number of anilines is 1. The van der Waals surface area contributed by atoms with Gasteiger partial charge in [0.05, 0.1) is 5.92 Å². The van der Waals surface area contributed by atoms with Crippen molar-refractivity contribution in [3.05, 3.63) is 28.7 Å². The lowest BCUT2D eigenvalue weighted by atomic mass is 9.65. The number of hydrogen-bond acceptors (Lipinski definition) is 2. The Morgan fingerprint density at radius 1 is 1.12 bits per heavy atom. The lowest BCUT2D eigenvalue weighted by Gasteiger charge is -2.40. The Hall–Kier alpha value is -1.36. The van der Waals surface area contributed by atoms with E-state index in [1.165, 1.54) is 0 Å². The van der Waals surface area contributed by atoms with Crippen LogP contribution in [0.15, 0.2) is 28.7 Å². The van der Waals surface area contributed by atoms with Crippen molar-refractivity contribution >= 4 is 33.4 Å². The molecule has 0 spiro atoms. The standard InChI is InChI=1S/C21H29BrN2O2/c1-13(2)23-19(25)16-5-4-6-17(21(3)11-12-21)18(16)20(26)24-15-9-7-14(22)8-10-15/h7-10,13,16-18H,4-6,11-12H2,1-3H3,(H,23,25)(H,24,26). The molecule has 5 heteroatoms. The molecule has 2 aliphatic carbocycles. The second kappa shape index (κ2) is 7.71. The monoisotopic (exact) mass is 420 g/mol. The Morgan fingerprint density at radius 3 is 2.35 bits per heavy atom. The van der Waals surface area contributed by atoms with Crippen LogP contribution in [0.3, 0.4) is 0 Å². The zero-order valence-electron chi connectivity index (χ0n) is 15.8. The molecule has 26 heavy (non-hydrogen) atoms. The summed E-state index contributed by atoms with van der Waals surface area (Å²) in [5.74, 6) is -0.170. The molecule has 2 amide bonds. The van der Waals surface area contributed by atoms with Crippen LogP contribution in [0.5, 0.6) is 0 Å². The fourth-order valence-electron chi connectivity index (χ4n) is 4.36. The molecule has 0 radical (unpaired) electrons. The Kier molecular flexibility index (Phi) is 5.75. The maximum Gasteiger partial charge on any atom is 0.228 e. The van der Waals surface area contributed by atoms with E-state index in [1.807, 2.05) is 38.1 Å². The van der Waals surface area contributed by atoms with Gasteiger partial charge in [-0.2, -0.15) is 0 Å². The van der Waals surface area contributed by atoms with Crippen LogP contribution < -0.4 is 10.6 Å². The number of nitrogens with one attached hydrogen (secondary N) is 2. The highest BCUT2D eigenvalue weighted by Gasteiger charge is 2.54. The molecule has 1 aromatic rings. The van der Waals surface area contributed by atoms with Crippen LogP contribution in [-0.2, 0) is 9.59 Å². The molecule has 3 unspecified atom stereocenters. The molecule has 0 saturated heterocycles. The molecule has 2 N–H and O–H groups in total. The van der Waals surface area contributed by atoms with Crippen molar-refractivity contribution in [3.8, 4) is 0 Å². The van der Waals surface area contributed by atoms with Gasteiger partial charge in [-0.1, -0.05) is 29.3 Å². The summed E-state index contributed by atoms with van der Waals surface area (Å²) in [7, 11) is 0. The van der Waals surface area contributed by atoms with Crippen molar-refractivity contribution in [2.75, 3.05) is 5.32 Å². The SMILES string of the molecule is CC(C)NC(=O)C1CCCC(C2(C)CC2)C1C(=O)Nc1ccc(Br)cc1. The Morgan fingerprint density at radius 2 is 1.77 bits per heavy atom. The normalized spacial score (nSPS) is 27.0. The molecular weight excluding hydrogens is 392 g/mol. The molecule has 2 aliphatic rings. The van der Waals surface area contributed by atoms with E-state index in [0.717, 1.165) is 42.3 Å². The van der Waals surface area contributed by atoms with E-state index < -0.39 is 0 Å². The zero-order valence-corrected chi connectivity index (χ0v) is 17.4. The van der Waals surface area contributed by atoms with Gasteiger partial charge in [-0.25, -0.2) is 0 Å². The van der Waals surface area contributed by atoms with Crippen molar-refractivity contribution in [1.82, 2.24) is 5.32 Å². The third-order valence-corrected chi connectivity index (χ3v) is 6.54. The average Bonchev–Trinajstić information content (AvgIpc) is 3.34. The lowest BCUT2D eigenvalue weighted by Crippen LogP contribution is -2.48. The van der Waals surface area contributed by atoms with Gasteiger partial charge in [-0.05, 0) is 75.1 Å². The first-order valence-electron chi connectivity index (χ1n) is 9.67. The van der Waals surface area contributed by atoms with Crippen molar-refractivity contribution in [2.45, 2.75) is 58.9 Å². The van der Waals surface area contributed by atoms with E-state index in [4.69, 9.17) is 0 Å². The first-order valence-corrected chi connectivity index (χ1v) is 10.5. The van der Waals surface area contributed by atoms with E-state index in [1.54, 1.807) is 0 Å². The second-order valence-electron chi connectivity index (χ2n) is 8.48. The van der Waals surface area contributed by atoms with E-state index in [9.17, 15) is 9.59 Å². The van der Waals surface area contributed by atoms with Gasteiger partial charge in [0.2, 0.25) is 11.8 Å². The van der Waals surface area contributed by atoms with Crippen LogP contribution in [0.2, 0.25) is 0 Å². The summed E-state index contributed by atoms with van der Waals surface area (Å²) < 4.78 is 0.978. The third kappa shape index (κ3) is 4.30. The average molecular weight is 421 g/mol. The number of amides is 2. The van der Waals surface area contributed by atoms with Gasteiger partial charge in [-0.15, -0.1) is 0 Å². The zero-order chi connectivity index (χ0) is 18.9. The second-order valence-corrected chi connectivity index (χ2v) is 9.40. The quantitative estimate of drug-likeness (QED) is 0.721. The molecule has 0 heterocycles. The summed E-state index contributed by atoms with van der Waals surface area (Å²) in [5.41, 5.74) is 1.00. The van der Waals surface area contributed by atoms with Gasteiger partial charge in [0.1, 0.15) is 0 Å². The van der Waals surface area contributed by atoms with E-state index in [0.29, 0.717) is 0 Å². The summed E-state index contributed by atoms with van der Waals surface area (Å²) in [6.07, 6.45) is 5.19. The molecule has 1 aromatic carbocycles. The summed E-state index contributed by atoms with van der Waals surface area (Å²) in [5, 5.41) is 6.10. The summed E-state index contributed by atoms with van der Waals surface area (Å²) in [4.78, 5) is 26.1. The minimum absolute atomic E-state index is 0.00551. The van der Waals surface area contributed by atoms with Gasteiger partial charge in [0.15, 0.2) is 0 Å².